The fourth-order valence-corrected chi connectivity index (χ4v) is 2.62. The molecule has 1 saturated carbocycles. The fraction of sp³-hybridized carbons (Fsp3) is 0.667. The molecule has 0 radical (unpaired) electrons. The molecule has 1 aliphatic carbocycles. The van der Waals surface area contributed by atoms with E-state index in [1.54, 1.807) is 4.68 Å². The van der Waals surface area contributed by atoms with Crippen LogP contribution in [0.1, 0.15) is 37.6 Å². The molecule has 0 saturated heterocycles. The predicted octanol–water partition coefficient (Wildman–Crippen LogP) is 1.73. The van der Waals surface area contributed by atoms with Gasteiger partial charge in [0, 0.05) is 13.6 Å². The van der Waals surface area contributed by atoms with Crippen LogP contribution in [0.3, 0.4) is 0 Å². The van der Waals surface area contributed by atoms with Crippen LogP contribution in [0.25, 0.3) is 0 Å². The van der Waals surface area contributed by atoms with Gasteiger partial charge < -0.3 is 5.11 Å². The minimum absolute atomic E-state index is 0.439. The summed E-state index contributed by atoms with van der Waals surface area (Å²) < 4.78 is 1.72. The highest BCUT2D eigenvalue weighted by Gasteiger charge is 2.44. The molecule has 2 rings (SSSR count). The fourth-order valence-electron chi connectivity index (χ4n) is 2.26. The number of hydrogen-bond acceptors (Lipinski definition) is 3. The highest BCUT2D eigenvalue weighted by Crippen LogP contribution is 2.33. The Balaban J connectivity index is 2.11. The standard InChI is InChI=1S/C12H18ClN3O2/c1-3-8-10(13)9(16(2)15-8)7-14-12(11(17)18)5-4-6-12/h14H,3-7H2,1-2H3,(H,17,18). The topological polar surface area (TPSA) is 67.2 Å². The van der Waals surface area contributed by atoms with Crippen LogP contribution in [0, 0.1) is 0 Å². The molecule has 100 valence electrons. The zero-order valence-corrected chi connectivity index (χ0v) is 11.4. The Hall–Kier alpha value is -1.07. The first kappa shape index (κ1) is 13.4. The first-order valence-electron chi connectivity index (χ1n) is 6.19. The van der Waals surface area contributed by atoms with E-state index in [2.05, 4.69) is 10.4 Å². The highest BCUT2D eigenvalue weighted by molar-refractivity contribution is 6.31. The third-order valence-corrected chi connectivity index (χ3v) is 4.15. The molecule has 1 aromatic heterocycles. The molecule has 0 spiro atoms. The van der Waals surface area contributed by atoms with E-state index in [1.807, 2.05) is 14.0 Å². The van der Waals surface area contributed by atoms with E-state index in [-0.39, 0.29) is 0 Å². The normalized spacial score (nSPS) is 17.5. The van der Waals surface area contributed by atoms with Crippen molar-refractivity contribution in [2.75, 3.05) is 0 Å². The Morgan fingerprint density at radius 2 is 2.28 bits per heavy atom. The molecule has 0 aliphatic heterocycles. The lowest BCUT2D eigenvalue weighted by molar-refractivity contribution is -0.148. The van der Waals surface area contributed by atoms with Gasteiger partial charge in [-0.1, -0.05) is 18.5 Å². The van der Waals surface area contributed by atoms with Gasteiger partial charge in [-0.3, -0.25) is 14.8 Å². The van der Waals surface area contributed by atoms with Crippen LogP contribution in [-0.2, 0) is 24.8 Å². The molecule has 0 aromatic carbocycles. The molecular formula is C12H18ClN3O2. The first-order chi connectivity index (χ1) is 8.50. The van der Waals surface area contributed by atoms with Crippen molar-refractivity contribution >= 4 is 17.6 Å². The van der Waals surface area contributed by atoms with Gasteiger partial charge in [-0.25, -0.2) is 0 Å². The summed E-state index contributed by atoms with van der Waals surface area (Å²) in [7, 11) is 1.83. The van der Waals surface area contributed by atoms with E-state index in [9.17, 15) is 9.90 Å². The largest absolute Gasteiger partial charge is 0.480 e. The molecular weight excluding hydrogens is 254 g/mol. The number of rotatable bonds is 5. The zero-order valence-electron chi connectivity index (χ0n) is 10.7. The second-order valence-electron chi connectivity index (χ2n) is 4.78. The summed E-state index contributed by atoms with van der Waals surface area (Å²) in [4.78, 5) is 11.2. The van der Waals surface area contributed by atoms with Crippen LogP contribution < -0.4 is 5.32 Å². The Bertz CT molecular complexity index is 466. The summed E-state index contributed by atoms with van der Waals surface area (Å²) in [6.07, 6.45) is 3.09. The SMILES string of the molecule is CCc1nn(C)c(CNC2(C(=O)O)CCC2)c1Cl. The van der Waals surface area contributed by atoms with E-state index in [0.717, 1.165) is 24.2 Å². The Labute approximate surface area is 111 Å². The summed E-state index contributed by atoms with van der Waals surface area (Å²) in [6.45, 7) is 2.44. The number of aryl methyl sites for hydroxylation is 2. The minimum atomic E-state index is -0.775. The van der Waals surface area contributed by atoms with Gasteiger partial charge in [0.25, 0.3) is 0 Å². The van der Waals surface area contributed by atoms with Crippen molar-refractivity contribution < 1.29 is 9.90 Å². The van der Waals surface area contributed by atoms with Gasteiger partial charge in [-0.05, 0) is 25.7 Å². The molecule has 1 aromatic rings. The summed E-state index contributed by atoms with van der Waals surface area (Å²) >= 11 is 6.23. The lowest BCUT2D eigenvalue weighted by atomic mass is 9.77. The van der Waals surface area contributed by atoms with E-state index < -0.39 is 11.5 Å². The van der Waals surface area contributed by atoms with Gasteiger partial charge in [0.2, 0.25) is 0 Å². The van der Waals surface area contributed by atoms with Crippen molar-refractivity contribution in [2.24, 2.45) is 7.05 Å². The molecule has 5 nitrogen and oxygen atoms in total. The molecule has 6 heteroatoms. The van der Waals surface area contributed by atoms with Gasteiger partial charge in [0.15, 0.2) is 0 Å². The molecule has 0 atom stereocenters. The number of carbonyl (C=O) groups is 1. The van der Waals surface area contributed by atoms with E-state index >= 15 is 0 Å². The number of aromatic nitrogens is 2. The molecule has 1 fully saturated rings. The second kappa shape index (κ2) is 4.90. The average Bonchev–Trinajstić information content (AvgIpc) is 2.53. The third kappa shape index (κ3) is 2.12. The third-order valence-electron chi connectivity index (χ3n) is 3.71. The van der Waals surface area contributed by atoms with Crippen LogP contribution >= 0.6 is 11.6 Å². The number of nitrogens with zero attached hydrogens (tertiary/aromatic N) is 2. The monoisotopic (exact) mass is 271 g/mol. The van der Waals surface area contributed by atoms with Gasteiger partial charge in [-0.15, -0.1) is 0 Å². The van der Waals surface area contributed by atoms with Crippen molar-refractivity contribution in [2.45, 2.75) is 44.7 Å². The summed E-state index contributed by atoms with van der Waals surface area (Å²) in [5.74, 6) is -0.775. The predicted molar refractivity (Wildman–Crippen MR) is 68.7 cm³/mol. The molecule has 18 heavy (non-hydrogen) atoms. The number of carboxylic acids is 1. The minimum Gasteiger partial charge on any atom is -0.480 e. The van der Waals surface area contributed by atoms with Gasteiger partial charge in [-0.2, -0.15) is 5.10 Å². The molecule has 1 aliphatic rings. The summed E-state index contributed by atoms with van der Waals surface area (Å²) in [6, 6.07) is 0. The number of aliphatic carboxylic acids is 1. The average molecular weight is 272 g/mol. The van der Waals surface area contributed by atoms with Crippen LogP contribution in [-0.4, -0.2) is 26.4 Å². The summed E-state index contributed by atoms with van der Waals surface area (Å²) in [5.41, 5.74) is 0.940. The Morgan fingerprint density at radius 1 is 1.61 bits per heavy atom. The first-order valence-corrected chi connectivity index (χ1v) is 6.56. The van der Waals surface area contributed by atoms with Crippen molar-refractivity contribution in [3.05, 3.63) is 16.4 Å². The lowest BCUT2D eigenvalue weighted by Gasteiger charge is -2.38. The second-order valence-corrected chi connectivity index (χ2v) is 5.16. The zero-order chi connectivity index (χ0) is 13.3. The van der Waals surface area contributed by atoms with Crippen molar-refractivity contribution in [1.29, 1.82) is 0 Å². The van der Waals surface area contributed by atoms with E-state index in [4.69, 9.17) is 11.6 Å². The maximum absolute atomic E-state index is 11.2. The molecule has 0 amide bonds. The van der Waals surface area contributed by atoms with E-state index in [1.165, 1.54) is 0 Å². The van der Waals surface area contributed by atoms with Crippen LogP contribution in [0.2, 0.25) is 5.02 Å². The van der Waals surface area contributed by atoms with Crippen LogP contribution in [0.4, 0.5) is 0 Å². The lowest BCUT2D eigenvalue weighted by Crippen LogP contribution is -2.56. The maximum atomic E-state index is 11.2. The maximum Gasteiger partial charge on any atom is 0.323 e. The smallest absolute Gasteiger partial charge is 0.323 e. The molecule has 1 heterocycles. The Morgan fingerprint density at radius 3 is 2.67 bits per heavy atom. The molecule has 0 unspecified atom stereocenters. The molecule has 2 N–H and O–H groups in total. The van der Waals surface area contributed by atoms with Crippen molar-refractivity contribution in [3.63, 3.8) is 0 Å². The number of carboxylic acid groups (broad SMARTS) is 1. The van der Waals surface area contributed by atoms with Gasteiger partial charge in [0.05, 0.1) is 16.4 Å². The number of halogens is 1. The van der Waals surface area contributed by atoms with Crippen molar-refractivity contribution in [3.8, 4) is 0 Å². The number of hydrogen-bond donors (Lipinski definition) is 2. The quantitative estimate of drug-likeness (QED) is 0.856. The highest BCUT2D eigenvalue weighted by atomic mass is 35.5. The van der Waals surface area contributed by atoms with E-state index in [0.29, 0.717) is 24.4 Å². The molecule has 0 bridgehead atoms. The Kier molecular flexibility index (Phi) is 3.64. The number of nitrogens with one attached hydrogen (secondary N) is 1. The van der Waals surface area contributed by atoms with Crippen LogP contribution in [0.15, 0.2) is 0 Å². The van der Waals surface area contributed by atoms with Crippen LogP contribution in [0.5, 0.6) is 0 Å². The van der Waals surface area contributed by atoms with Gasteiger partial charge >= 0.3 is 5.97 Å². The van der Waals surface area contributed by atoms with Gasteiger partial charge in [0.1, 0.15) is 5.54 Å². The van der Waals surface area contributed by atoms with Crippen molar-refractivity contribution in [1.82, 2.24) is 15.1 Å². The summed E-state index contributed by atoms with van der Waals surface area (Å²) in [5, 5.41) is 17.3.